The van der Waals surface area contributed by atoms with Crippen molar-refractivity contribution in [3.63, 3.8) is 0 Å². The molecule has 0 saturated heterocycles. The summed E-state index contributed by atoms with van der Waals surface area (Å²) in [7, 11) is 0. The van der Waals surface area contributed by atoms with Gasteiger partial charge in [0, 0.05) is 0 Å². The van der Waals surface area contributed by atoms with Crippen molar-refractivity contribution in [3.05, 3.63) is 42.0 Å². The van der Waals surface area contributed by atoms with E-state index in [1.807, 2.05) is 6.07 Å². The molecule has 1 aromatic carbocycles. The van der Waals surface area contributed by atoms with Crippen molar-refractivity contribution in [2.24, 2.45) is 0 Å². The SMILES string of the molecule is CC1=[Te][OH+]C(c2ccccc2)=C1.[Cl-]. The van der Waals surface area contributed by atoms with Crippen LogP contribution in [0.4, 0.5) is 0 Å². The molecule has 1 heterocycles. The molecule has 13 heavy (non-hydrogen) atoms. The van der Waals surface area contributed by atoms with Crippen LogP contribution in [-0.4, -0.2) is 27.5 Å². The first-order chi connectivity index (χ1) is 5.86. The third-order valence-corrected chi connectivity index (χ3v) is 3.68. The van der Waals surface area contributed by atoms with Crippen molar-refractivity contribution in [3.8, 4) is 0 Å². The number of hydrogen-bond acceptors (Lipinski definition) is 0. The van der Waals surface area contributed by atoms with Gasteiger partial charge < -0.3 is 12.4 Å². The van der Waals surface area contributed by atoms with E-state index >= 15 is 0 Å². The van der Waals surface area contributed by atoms with Crippen LogP contribution in [0.3, 0.4) is 0 Å². The van der Waals surface area contributed by atoms with E-state index in [2.05, 4.69) is 40.4 Å². The summed E-state index contributed by atoms with van der Waals surface area (Å²) in [5, 5.41) is 0. The number of rotatable bonds is 1. The van der Waals surface area contributed by atoms with Crippen LogP contribution in [0, 0.1) is 0 Å². The number of benzene rings is 1. The van der Waals surface area contributed by atoms with Crippen molar-refractivity contribution in [2.45, 2.75) is 6.92 Å². The van der Waals surface area contributed by atoms with E-state index < -0.39 is 0 Å². The summed E-state index contributed by atoms with van der Waals surface area (Å²) >= 11 is -0.202. The molecule has 1 aliphatic rings. The Hall–Kier alpha value is -0.290. The molecule has 0 amide bonds. The van der Waals surface area contributed by atoms with Crippen LogP contribution in [0.2, 0.25) is 0 Å². The first-order valence-corrected chi connectivity index (χ1v) is 6.06. The minimum atomic E-state index is -0.202. The van der Waals surface area contributed by atoms with E-state index in [0.717, 1.165) is 0 Å². The van der Waals surface area contributed by atoms with E-state index in [0.29, 0.717) is 0 Å². The second kappa shape index (κ2) is 4.81. The molecule has 1 N–H and O–H groups in total. The molecule has 0 atom stereocenters. The van der Waals surface area contributed by atoms with E-state index in [9.17, 15) is 0 Å². The summed E-state index contributed by atoms with van der Waals surface area (Å²) < 4.78 is 6.01. The molecule has 0 fully saturated rings. The average Bonchev–Trinajstić information content (AvgIpc) is 2.54. The van der Waals surface area contributed by atoms with Crippen LogP contribution in [0.15, 0.2) is 36.4 Å². The van der Waals surface area contributed by atoms with Crippen LogP contribution in [0.1, 0.15) is 12.5 Å². The molecule has 1 radical (unpaired) electrons. The summed E-state index contributed by atoms with van der Waals surface area (Å²) in [6, 6.07) is 10.4. The van der Waals surface area contributed by atoms with E-state index in [-0.39, 0.29) is 33.3 Å². The maximum absolute atomic E-state index is 4.54. The minimum Gasteiger partial charge on any atom is -1.00 e. The first kappa shape index (κ1) is 10.8. The van der Waals surface area contributed by atoms with Crippen molar-refractivity contribution in [1.29, 1.82) is 0 Å². The standard InChI is InChI=1S/C10H10OTe.ClH/c1-8-7-10(11-12-8)9-5-3-2-4-6-9;/h2-7,11H,1H3;1H/q+1;/p-1. The molecule has 1 nitrogen and oxygen atoms in total. The zero-order valence-corrected chi connectivity index (χ0v) is 10.3. The minimum absolute atomic E-state index is 0. The van der Waals surface area contributed by atoms with Crippen LogP contribution in [-0.2, 0) is 0 Å². The monoisotopic (exact) mass is 311 g/mol. The fourth-order valence-electron chi connectivity index (χ4n) is 1.11. The Morgan fingerprint density at radius 3 is 2.38 bits per heavy atom. The quantitative estimate of drug-likeness (QED) is 0.437. The van der Waals surface area contributed by atoms with Crippen LogP contribution < -0.4 is 12.4 Å². The van der Waals surface area contributed by atoms with Crippen LogP contribution in [0.5, 0.6) is 0 Å². The van der Waals surface area contributed by atoms with Crippen molar-refractivity contribution < 1.29 is 15.5 Å². The topological polar surface area (TPSA) is 12.8 Å². The molecule has 0 saturated carbocycles. The van der Waals surface area contributed by atoms with Crippen LogP contribution in [0.25, 0.3) is 5.76 Å². The third-order valence-electron chi connectivity index (χ3n) is 1.70. The molecule has 0 aromatic heterocycles. The smallest absolute Gasteiger partial charge is 1.00 e. The van der Waals surface area contributed by atoms with Crippen LogP contribution >= 0.6 is 0 Å². The third kappa shape index (κ3) is 2.57. The maximum Gasteiger partial charge on any atom is -1.00 e. The molecule has 0 aliphatic carbocycles. The zero-order valence-electron chi connectivity index (χ0n) is 7.20. The van der Waals surface area contributed by atoms with E-state index in [1.165, 1.54) is 14.9 Å². The van der Waals surface area contributed by atoms with Gasteiger partial charge in [-0.05, 0) is 0 Å². The Balaban J connectivity index is 0.000000845. The largest absolute Gasteiger partial charge is 1.00 e. The van der Waals surface area contributed by atoms with E-state index in [1.54, 1.807) is 0 Å². The fourth-order valence-corrected chi connectivity index (χ4v) is 2.72. The Kier molecular flexibility index (Phi) is 3.99. The molecule has 2 rings (SSSR count). The summed E-state index contributed by atoms with van der Waals surface area (Å²) in [6.45, 7) is 2.17. The number of hydrogen-bond donors (Lipinski definition) is 0. The molecule has 1 aromatic rings. The molecular weight excluding hydrogens is 299 g/mol. The second-order valence-electron chi connectivity index (χ2n) is 2.69. The number of halogens is 1. The normalized spacial score (nSPS) is 13.9. The average molecular weight is 309 g/mol. The predicted molar refractivity (Wildman–Crippen MR) is 53.1 cm³/mol. The van der Waals surface area contributed by atoms with Crippen molar-refractivity contribution >= 4 is 30.2 Å². The van der Waals surface area contributed by atoms with Gasteiger partial charge >= 0.3 is 82.2 Å². The first-order valence-electron chi connectivity index (χ1n) is 3.85. The molecule has 0 spiro atoms. The van der Waals surface area contributed by atoms with Gasteiger partial charge in [0.25, 0.3) is 0 Å². The fraction of sp³-hybridized carbons (Fsp3) is 0.100. The molecular formula is C10H10ClOTe. The second-order valence-corrected chi connectivity index (χ2v) is 5.57. The van der Waals surface area contributed by atoms with Gasteiger partial charge in [0.15, 0.2) is 0 Å². The van der Waals surface area contributed by atoms with Crippen molar-refractivity contribution in [1.82, 2.24) is 0 Å². The Labute approximate surface area is 94.3 Å². The van der Waals surface area contributed by atoms with Gasteiger partial charge in [-0.15, -0.1) is 0 Å². The van der Waals surface area contributed by atoms with Gasteiger partial charge in [-0.25, -0.2) is 0 Å². The van der Waals surface area contributed by atoms with Gasteiger partial charge in [0.05, 0.1) is 0 Å². The van der Waals surface area contributed by atoms with Gasteiger partial charge in [-0.3, -0.25) is 0 Å². The molecule has 1 aliphatic heterocycles. The van der Waals surface area contributed by atoms with Gasteiger partial charge in [-0.1, -0.05) is 0 Å². The molecule has 0 unspecified atom stereocenters. The Morgan fingerprint density at radius 1 is 1.15 bits per heavy atom. The van der Waals surface area contributed by atoms with Gasteiger partial charge in [0.1, 0.15) is 0 Å². The molecule has 69 valence electrons. The van der Waals surface area contributed by atoms with Gasteiger partial charge in [-0.2, -0.15) is 0 Å². The summed E-state index contributed by atoms with van der Waals surface area (Å²) in [5.74, 6) is 1.18. The molecule has 3 heteroatoms. The zero-order chi connectivity index (χ0) is 8.39. The Bertz CT molecular complexity index is 343. The maximum atomic E-state index is 4.54. The summed E-state index contributed by atoms with van der Waals surface area (Å²) in [6.07, 6.45) is 2.21. The number of allylic oxidation sites excluding steroid dienone is 1. The van der Waals surface area contributed by atoms with Gasteiger partial charge in [0.2, 0.25) is 0 Å². The number of aliphatic hydroxyl groups is 1. The summed E-state index contributed by atoms with van der Waals surface area (Å²) in [4.78, 5) is 0. The van der Waals surface area contributed by atoms with E-state index in [4.69, 9.17) is 0 Å². The summed E-state index contributed by atoms with van der Waals surface area (Å²) in [5.41, 5.74) is 1.25. The predicted octanol–water partition coefficient (Wildman–Crippen LogP) is -1.62. The van der Waals surface area contributed by atoms with Crippen molar-refractivity contribution in [2.75, 3.05) is 0 Å². The molecule has 0 bridgehead atoms. The Morgan fingerprint density at radius 2 is 1.85 bits per heavy atom.